The fraction of sp³-hybridized carbons (Fsp3) is 0.250. The summed E-state index contributed by atoms with van der Waals surface area (Å²) in [4.78, 5) is 31.2. The number of rotatable bonds is 6. The Morgan fingerprint density at radius 3 is 2.83 bits per heavy atom. The highest BCUT2D eigenvalue weighted by Crippen LogP contribution is 2.47. The number of thiazole rings is 1. The summed E-state index contributed by atoms with van der Waals surface area (Å²) < 4.78 is 0.579. The molecule has 3 N–H and O–H groups in total. The molecule has 0 radical (unpaired) electrons. The van der Waals surface area contributed by atoms with Gasteiger partial charge in [-0.15, -0.1) is 21.5 Å². The van der Waals surface area contributed by atoms with Crippen molar-refractivity contribution < 1.29 is 9.59 Å². The Bertz CT molecular complexity index is 1420. The van der Waals surface area contributed by atoms with Crippen LogP contribution in [0.1, 0.15) is 36.3 Å². The Morgan fingerprint density at radius 1 is 1.31 bits per heavy atom. The molecule has 2 aliphatic rings. The van der Waals surface area contributed by atoms with Crippen molar-refractivity contribution in [1.29, 1.82) is 5.26 Å². The van der Waals surface area contributed by atoms with Crippen LogP contribution in [0.15, 0.2) is 62.8 Å². The lowest BCUT2D eigenvalue weighted by Gasteiger charge is -2.38. The van der Waals surface area contributed by atoms with Crippen molar-refractivity contribution in [2.45, 2.75) is 36.4 Å². The van der Waals surface area contributed by atoms with Crippen molar-refractivity contribution in [3.05, 3.63) is 69.6 Å². The Hall–Kier alpha value is -3.53. The molecule has 5 rings (SSSR count). The van der Waals surface area contributed by atoms with Gasteiger partial charge in [-0.3, -0.25) is 14.5 Å². The molecular formula is C24H21N7O2S3. The van der Waals surface area contributed by atoms with Gasteiger partial charge in [-0.1, -0.05) is 52.9 Å². The minimum atomic E-state index is -0.508. The van der Waals surface area contributed by atoms with Gasteiger partial charge in [0, 0.05) is 29.3 Å². The smallest absolute Gasteiger partial charge is 0.236 e. The first-order valence-electron chi connectivity index (χ1n) is 11.1. The predicted octanol–water partition coefficient (Wildman–Crippen LogP) is 4.34. The minimum absolute atomic E-state index is 0.0186. The number of amides is 1. The molecule has 1 aromatic carbocycles. The number of nitrogens with one attached hydrogen (secondary N) is 1. The second kappa shape index (κ2) is 10.2. The number of nitrogens with zero attached hydrogens (tertiary/aromatic N) is 5. The molecule has 3 aromatic rings. The summed E-state index contributed by atoms with van der Waals surface area (Å²) in [6.07, 6.45) is 3.39. The summed E-state index contributed by atoms with van der Waals surface area (Å²) in [5.74, 6) is -0.285. The molecule has 1 unspecified atom stereocenters. The third kappa shape index (κ3) is 4.65. The number of nitrogens with two attached hydrogens (primary N) is 1. The van der Waals surface area contributed by atoms with Gasteiger partial charge in [0.05, 0.1) is 23.3 Å². The number of carbonyl (C=O) groups is 2. The van der Waals surface area contributed by atoms with E-state index in [1.165, 1.54) is 34.4 Å². The number of allylic oxidation sites excluding steroid dienone is 3. The number of anilines is 2. The van der Waals surface area contributed by atoms with Crippen LogP contribution in [0.25, 0.3) is 0 Å². The molecule has 0 spiro atoms. The van der Waals surface area contributed by atoms with Gasteiger partial charge in [-0.25, -0.2) is 4.98 Å². The number of aryl methyl sites for hydroxylation is 1. The maximum Gasteiger partial charge on any atom is 0.236 e. The van der Waals surface area contributed by atoms with E-state index in [1.54, 1.807) is 16.5 Å². The molecule has 0 saturated heterocycles. The zero-order valence-corrected chi connectivity index (χ0v) is 21.7. The van der Waals surface area contributed by atoms with Gasteiger partial charge in [-0.2, -0.15) is 5.26 Å². The van der Waals surface area contributed by atoms with Crippen molar-refractivity contribution in [3.63, 3.8) is 0 Å². The third-order valence-electron chi connectivity index (χ3n) is 5.92. The Balaban J connectivity index is 1.45. The fourth-order valence-electron chi connectivity index (χ4n) is 4.32. The summed E-state index contributed by atoms with van der Waals surface area (Å²) in [5.41, 5.74) is 10.2. The third-order valence-corrected chi connectivity index (χ3v) is 8.65. The molecule has 9 nitrogen and oxygen atoms in total. The largest absolute Gasteiger partial charge is 0.384 e. The van der Waals surface area contributed by atoms with E-state index in [9.17, 15) is 14.9 Å². The first-order valence-corrected chi connectivity index (χ1v) is 13.8. The van der Waals surface area contributed by atoms with E-state index in [2.05, 4.69) is 26.6 Å². The molecule has 1 aliphatic heterocycles. The maximum atomic E-state index is 13.2. The summed E-state index contributed by atoms with van der Waals surface area (Å²) in [6, 6.07) is 10.1. The topological polar surface area (TPSA) is 138 Å². The van der Waals surface area contributed by atoms with Crippen molar-refractivity contribution in [2.75, 3.05) is 16.0 Å². The summed E-state index contributed by atoms with van der Waals surface area (Å²) in [5, 5.41) is 24.2. The Kier molecular flexibility index (Phi) is 6.86. The number of hydrogen-bond acceptors (Lipinski definition) is 11. The number of benzene rings is 1. The number of aromatic nitrogens is 3. The second-order valence-electron chi connectivity index (χ2n) is 8.25. The van der Waals surface area contributed by atoms with E-state index in [-0.39, 0.29) is 23.3 Å². The number of carbonyl (C=O) groups excluding carboxylic acids is 2. The predicted molar refractivity (Wildman–Crippen MR) is 140 cm³/mol. The summed E-state index contributed by atoms with van der Waals surface area (Å²) >= 11 is 3.86. The lowest BCUT2D eigenvalue weighted by atomic mass is 9.75. The molecule has 36 heavy (non-hydrogen) atoms. The number of thioether (sulfide) groups is 1. The van der Waals surface area contributed by atoms with Crippen LogP contribution >= 0.6 is 34.4 Å². The Labute approximate surface area is 219 Å². The van der Waals surface area contributed by atoms with E-state index >= 15 is 0 Å². The first-order chi connectivity index (χ1) is 17.5. The molecule has 1 atom stereocenters. The SMILES string of the molecule is Cc1ccc(C2C(C#N)=C(N)N(c3nnc(SCC(=O)Nc4nccs4)s3)C3=C2C(=O)CCC3)cc1. The van der Waals surface area contributed by atoms with Crippen molar-refractivity contribution in [2.24, 2.45) is 5.73 Å². The quantitative estimate of drug-likeness (QED) is 0.441. The zero-order valence-electron chi connectivity index (χ0n) is 19.2. The van der Waals surface area contributed by atoms with E-state index in [0.717, 1.165) is 16.8 Å². The molecule has 12 heteroatoms. The standard InChI is InChI=1S/C24H21N7O2S3/c1-13-5-7-14(8-6-13)19-15(11-25)21(26)31(16-3-2-4-17(32)20(16)19)23-29-30-24(36-23)35-12-18(33)28-22-27-9-10-34-22/h5-10,19H,2-4,12,26H2,1H3,(H,27,28,33). The number of nitriles is 1. The van der Waals surface area contributed by atoms with Crippen LogP contribution in [-0.4, -0.2) is 32.6 Å². The van der Waals surface area contributed by atoms with Gasteiger partial charge in [0.2, 0.25) is 11.0 Å². The molecule has 182 valence electrons. The van der Waals surface area contributed by atoms with E-state index in [1.807, 2.05) is 31.2 Å². The zero-order chi connectivity index (χ0) is 25.2. The van der Waals surface area contributed by atoms with Gasteiger partial charge in [-0.05, 0) is 25.3 Å². The van der Waals surface area contributed by atoms with Gasteiger partial charge < -0.3 is 11.1 Å². The van der Waals surface area contributed by atoms with Crippen LogP contribution in [0.2, 0.25) is 0 Å². The molecule has 0 saturated carbocycles. The van der Waals surface area contributed by atoms with Crippen LogP contribution in [0.5, 0.6) is 0 Å². The number of hydrogen-bond donors (Lipinski definition) is 2. The van der Waals surface area contributed by atoms with Crippen molar-refractivity contribution in [1.82, 2.24) is 15.2 Å². The van der Waals surface area contributed by atoms with Crippen LogP contribution < -0.4 is 16.0 Å². The molecule has 1 aliphatic carbocycles. The van der Waals surface area contributed by atoms with E-state index in [0.29, 0.717) is 45.0 Å². The van der Waals surface area contributed by atoms with Crippen LogP contribution in [0.3, 0.4) is 0 Å². The van der Waals surface area contributed by atoms with Crippen molar-refractivity contribution >= 4 is 56.4 Å². The summed E-state index contributed by atoms with van der Waals surface area (Å²) in [6.45, 7) is 1.99. The minimum Gasteiger partial charge on any atom is -0.384 e. The molecule has 3 heterocycles. The monoisotopic (exact) mass is 535 g/mol. The van der Waals surface area contributed by atoms with Gasteiger partial charge in [0.1, 0.15) is 5.82 Å². The highest BCUT2D eigenvalue weighted by atomic mass is 32.2. The van der Waals surface area contributed by atoms with Crippen molar-refractivity contribution in [3.8, 4) is 6.07 Å². The molecule has 0 bridgehead atoms. The van der Waals surface area contributed by atoms with Gasteiger partial charge >= 0.3 is 0 Å². The number of Topliss-reactive ketones (excluding diaryl/α,β-unsaturated/α-hetero) is 1. The normalized spacial score (nSPS) is 17.7. The summed E-state index contributed by atoms with van der Waals surface area (Å²) in [7, 11) is 0. The highest BCUT2D eigenvalue weighted by Gasteiger charge is 2.41. The van der Waals surface area contributed by atoms with Crippen LogP contribution in [-0.2, 0) is 9.59 Å². The average Bonchev–Trinajstić information content (AvgIpc) is 3.55. The highest BCUT2D eigenvalue weighted by molar-refractivity contribution is 8.01. The maximum absolute atomic E-state index is 13.2. The van der Waals surface area contributed by atoms with E-state index < -0.39 is 5.92 Å². The lowest BCUT2D eigenvalue weighted by molar-refractivity contribution is -0.116. The van der Waals surface area contributed by atoms with Crippen LogP contribution in [0, 0.1) is 18.3 Å². The fourth-order valence-corrected chi connectivity index (χ4v) is 6.54. The lowest BCUT2D eigenvalue weighted by Crippen LogP contribution is -2.38. The van der Waals surface area contributed by atoms with E-state index in [4.69, 9.17) is 5.73 Å². The molecule has 1 amide bonds. The Morgan fingerprint density at radius 2 is 2.11 bits per heavy atom. The van der Waals surface area contributed by atoms with Crippen LogP contribution in [0.4, 0.5) is 10.3 Å². The average molecular weight is 536 g/mol. The second-order valence-corrected chi connectivity index (χ2v) is 11.3. The molecule has 2 aromatic heterocycles. The number of ketones is 1. The van der Waals surface area contributed by atoms with Gasteiger partial charge in [0.25, 0.3) is 0 Å². The first kappa shape index (κ1) is 24.2. The van der Waals surface area contributed by atoms with Gasteiger partial charge in [0.15, 0.2) is 15.3 Å². The molecule has 0 fully saturated rings. The molecular weight excluding hydrogens is 515 g/mol.